The molecule has 0 aromatic heterocycles. The molecular formula is C42H76O10P+. The van der Waals surface area contributed by atoms with Gasteiger partial charge < -0.3 is 33.9 Å². The monoisotopic (exact) mass is 772 g/mol. The Hall–Kier alpha value is -1.36. The first kappa shape index (κ1) is 47.8. The molecule has 0 saturated carbocycles. The van der Waals surface area contributed by atoms with E-state index in [0.29, 0.717) is 52.5 Å². The summed E-state index contributed by atoms with van der Waals surface area (Å²) in [5.74, 6) is 4.46. The Morgan fingerprint density at radius 3 is 1.96 bits per heavy atom. The number of rotatable bonds is 32. The van der Waals surface area contributed by atoms with Gasteiger partial charge in [-0.2, -0.15) is 0 Å². The molecule has 0 saturated heterocycles. The van der Waals surface area contributed by atoms with Crippen LogP contribution in [-0.4, -0.2) is 88.0 Å². The summed E-state index contributed by atoms with van der Waals surface area (Å²) in [5.41, 5.74) is 4.64. The van der Waals surface area contributed by atoms with Crippen molar-refractivity contribution in [3.8, 4) is 11.5 Å². The lowest BCUT2D eigenvalue weighted by Crippen LogP contribution is -2.37. The quantitative estimate of drug-likeness (QED) is 0.0541. The predicted molar refractivity (Wildman–Crippen MR) is 213 cm³/mol. The van der Waals surface area contributed by atoms with E-state index >= 15 is 0 Å². The second-order valence-electron chi connectivity index (χ2n) is 16.0. The lowest BCUT2D eigenvalue weighted by Gasteiger charge is -2.38. The summed E-state index contributed by atoms with van der Waals surface area (Å²) >= 11 is 0. The molecule has 1 aromatic carbocycles. The fourth-order valence-corrected chi connectivity index (χ4v) is 7.57. The molecule has 0 amide bonds. The molecule has 1 aliphatic heterocycles. The average Bonchev–Trinajstić information content (AvgIpc) is 3.11. The number of benzene rings is 1. The third-order valence-corrected chi connectivity index (χ3v) is 11.2. The Morgan fingerprint density at radius 2 is 1.32 bits per heavy atom. The summed E-state index contributed by atoms with van der Waals surface area (Å²) in [6, 6.07) is 0. The molecule has 308 valence electrons. The van der Waals surface area contributed by atoms with Gasteiger partial charge in [0.2, 0.25) is 0 Å². The van der Waals surface area contributed by atoms with Crippen LogP contribution in [0.25, 0.3) is 0 Å². The summed E-state index contributed by atoms with van der Waals surface area (Å²) in [7, 11) is -2.30. The van der Waals surface area contributed by atoms with Gasteiger partial charge in [0.25, 0.3) is 0 Å². The zero-order valence-corrected chi connectivity index (χ0v) is 35.6. The van der Waals surface area contributed by atoms with Gasteiger partial charge in [-0.3, -0.25) is 0 Å². The van der Waals surface area contributed by atoms with Crippen LogP contribution in [-0.2, 0) is 34.2 Å². The minimum Gasteiger partial charge on any atom is -0.491 e. The molecule has 1 aromatic rings. The van der Waals surface area contributed by atoms with Crippen LogP contribution in [0.4, 0.5) is 0 Å². The van der Waals surface area contributed by atoms with Crippen LogP contribution in [0.5, 0.6) is 11.5 Å². The van der Waals surface area contributed by atoms with E-state index in [1.807, 2.05) is 0 Å². The van der Waals surface area contributed by atoms with Gasteiger partial charge in [-0.05, 0) is 101 Å². The number of aliphatic hydroxyl groups excluding tert-OH is 2. The van der Waals surface area contributed by atoms with E-state index in [1.165, 1.54) is 68.1 Å². The maximum atomic E-state index is 11.6. The SMILES string of the molecule is Cc1c(C)c2c(c(C)c1OCCOCCOCCOCC(O)CO[P+](=O)OCCCCO)CC[C@@](C)(CCC[C@H](C)CCC[C@H](C)CCCC(C)C)O2. The van der Waals surface area contributed by atoms with E-state index in [1.54, 1.807) is 0 Å². The number of hydrogen-bond acceptors (Lipinski definition) is 10. The van der Waals surface area contributed by atoms with Crippen LogP contribution in [0.15, 0.2) is 0 Å². The molecule has 0 bridgehead atoms. The molecule has 10 nitrogen and oxygen atoms in total. The normalized spacial score (nSPS) is 17.8. The molecule has 1 aliphatic rings. The Bertz CT molecular complexity index is 1150. The molecule has 2 unspecified atom stereocenters. The zero-order chi connectivity index (χ0) is 39.1. The number of unbranched alkanes of at least 4 members (excludes halogenated alkanes) is 1. The van der Waals surface area contributed by atoms with E-state index in [2.05, 4.69) is 55.4 Å². The average molecular weight is 772 g/mol. The minimum atomic E-state index is -2.30. The minimum absolute atomic E-state index is 0.0370. The van der Waals surface area contributed by atoms with Crippen molar-refractivity contribution in [3.63, 3.8) is 0 Å². The molecule has 2 rings (SSSR count). The standard InChI is InChI=1S/C42H76O10P/c1-32(2)14-11-15-33(3)16-12-17-34(4)18-13-20-42(8)21-19-39-37(7)40(35(5)36(6)41(39)52-42)49-29-28-47-25-24-46-26-27-48-30-38(44)31-51-53(45)50-23-10-9-22-43/h32-34,38,43-44H,9-31H2,1-8H3/q+1/t33-,34-,38?,42-/m1/s1. The lowest BCUT2D eigenvalue weighted by atomic mass is 9.83. The van der Waals surface area contributed by atoms with Gasteiger partial charge in [0.15, 0.2) is 0 Å². The second-order valence-corrected chi connectivity index (χ2v) is 17.0. The Labute approximate surface area is 323 Å². The fraction of sp³-hybridized carbons (Fsp3) is 0.857. The maximum Gasteiger partial charge on any atom is 0.697 e. The highest BCUT2D eigenvalue weighted by Crippen LogP contribution is 2.45. The van der Waals surface area contributed by atoms with E-state index in [4.69, 9.17) is 37.8 Å². The van der Waals surface area contributed by atoms with Crippen LogP contribution in [0.2, 0.25) is 0 Å². The molecule has 53 heavy (non-hydrogen) atoms. The van der Waals surface area contributed by atoms with Crippen molar-refractivity contribution in [1.82, 2.24) is 0 Å². The molecule has 1 heterocycles. The molecule has 11 heteroatoms. The zero-order valence-electron chi connectivity index (χ0n) is 34.7. The Balaban J connectivity index is 1.60. The van der Waals surface area contributed by atoms with Crippen LogP contribution in [0.3, 0.4) is 0 Å². The molecule has 5 atom stereocenters. The predicted octanol–water partition coefficient (Wildman–Crippen LogP) is 9.39. The van der Waals surface area contributed by atoms with Crippen molar-refractivity contribution in [2.45, 2.75) is 151 Å². The third-order valence-electron chi connectivity index (χ3n) is 10.5. The van der Waals surface area contributed by atoms with Crippen molar-refractivity contribution in [1.29, 1.82) is 0 Å². The molecular weight excluding hydrogens is 695 g/mol. The highest BCUT2D eigenvalue weighted by molar-refractivity contribution is 7.33. The van der Waals surface area contributed by atoms with Crippen LogP contribution < -0.4 is 9.47 Å². The maximum absolute atomic E-state index is 11.6. The van der Waals surface area contributed by atoms with Gasteiger partial charge in [-0.1, -0.05) is 72.6 Å². The van der Waals surface area contributed by atoms with E-state index < -0.39 is 14.4 Å². The molecule has 2 N–H and O–H groups in total. The van der Waals surface area contributed by atoms with Crippen molar-refractivity contribution in [2.24, 2.45) is 17.8 Å². The summed E-state index contributed by atoms with van der Waals surface area (Å²) in [6.07, 6.45) is 14.1. The number of ether oxygens (including phenoxy) is 5. The van der Waals surface area contributed by atoms with Crippen molar-refractivity contribution in [2.75, 3.05) is 66.1 Å². The van der Waals surface area contributed by atoms with Gasteiger partial charge >= 0.3 is 8.25 Å². The summed E-state index contributed by atoms with van der Waals surface area (Å²) in [4.78, 5) is 0. The highest BCUT2D eigenvalue weighted by Gasteiger charge is 2.34. The fourth-order valence-electron chi connectivity index (χ4n) is 6.92. The van der Waals surface area contributed by atoms with Crippen LogP contribution in [0, 0.1) is 38.5 Å². The van der Waals surface area contributed by atoms with Crippen molar-refractivity contribution < 1.29 is 47.5 Å². The van der Waals surface area contributed by atoms with Crippen molar-refractivity contribution in [3.05, 3.63) is 22.3 Å². The Morgan fingerprint density at radius 1 is 0.717 bits per heavy atom. The Kier molecular flexibility index (Phi) is 24.6. The van der Waals surface area contributed by atoms with Gasteiger partial charge in [0.1, 0.15) is 43.0 Å². The number of hydrogen-bond donors (Lipinski definition) is 2. The summed E-state index contributed by atoms with van der Waals surface area (Å²) in [5, 5.41) is 18.6. The van der Waals surface area contributed by atoms with E-state index in [0.717, 1.165) is 54.1 Å². The third kappa shape index (κ3) is 19.9. The number of aliphatic hydroxyl groups is 2. The van der Waals surface area contributed by atoms with Crippen LogP contribution >= 0.6 is 8.25 Å². The van der Waals surface area contributed by atoms with Gasteiger partial charge in [0.05, 0.1) is 39.6 Å². The van der Waals surface area contributed by atoms with Gasteiger partial charge in [-0.15, -0.1) is 9.05 Å². The topological polar surface area (TPSA) is 122 Å². The van der Waals surface area contributed by atoms with E-state index in [9.17, 15) is 9.67 Å². The molecule has 0 spiro atoms. The highest BCUT2D eigenvalue weighted by atomic mass is 31.1. The molecule has 0 aliphatic carbocycles. The number of fused-ring (bicyclic) bond motifs is 1. The van der Waals surface area contributed by atoms with Crippen molar-refractivity contribution >= 4 is 8.25 Å². The first-order valence-corrected chi connectivity index (χ1v) is 21.7. The van der Waals surface area contributed by atoms with Gasteiger partial charge in [0, 0.05) is 16.7 Å². The first-order valence-electron chi connectivity index (χ1n) is 20.6. The van der Waals surface area contributed by atoms with Gasteiger partial charge in [-0.25, -0.2) is 0 Å². The lowest BCUT2D eigenvalue weighted by molar-refractivity contribution is -0.0219. The molecule has 0 fully saturated rings. The smallest absolute Gasteiger partial charge is 0.491 e. The molecule has 0 radical (unpaired) electrons. The summed E-state index contributed by atoms with van der Waals surface area (Å²) < 4.78 is 51.3. The summed E-state index contributed by atoms with van der Waals surface area (Å²) in [6.45, 7) is 20.9. The van der Waals surface area contributed by atoms with E-state index in [-0.39, 0.29) is 32.0 Å². The largest absolute Gasteiger partial charge is 0.697 e. The van der Waals surface area contributed by atoms with Crippen LogP contribution in [0.1, 0.15) is 134 Å². The second kappa shape index (κ2) is 27.3. The first-order chi connectivity index (χ1) is 25.4.